The molecule has 0 aliphatic rings. The Balaban J connectivity index is 2.10. The molecule has 3 nitrogen and oxygen atoms in total. The number of fused-ring (bicyclic) bond motifs is 1. The van der Waals surface area contributed by atoms with Crippen molar-refractivity contribution in [2.45, 2.75) is 13.3 Å². The number of rotatable bonds is 2. The maximum atomic E-state index is 9.86. The number of aromatic hydroxyl groups is 1. The third-order valence-corrected chi connectivity index (χ3v) is 3.53. The average Bonchev–Trinajstić information content (AvgIpc) is 2.71. The first-order valence-electron chi connectivity index (χ1n) is 6.34. The van der Waals surface area contributed by atoms with Gasteiger partial charge in [0, 0.05) is 19.0 Å². The Kier molecular flexibility index (Phi) is 2.75. The van der Waals surface area contributed by atoms with Crippen molar-refractivity contribution < 1.29 is 5.11 Å². The van der Waals surface area contributed by atoms with Crippen LogP contribution in [0.3, 0.4) is 0 Å². The molecular weight excluding hydrogens is 236 g/mol. The van der Waals surface area contributed by atoms with E-state index in [0.717, 1.165) is 22.4 Å². The molecule has 0 atom stereocenters. The molecule has 0 bridgehead atoms. The van der Waals surface area contributed by atoms with Crippen LogP contribution in [0.1, 0.15) is 17.0 Å². The molecule has 2 aromatic carbocycles. The van der Waals surface area contributed by atoms with Crippen LogP contribution in [0.4, 0.5) is 0 Å². The summed E-state index contributed by atoms with van der Waals surface area (Å²) < 4.78 is 2.11. The Bertz CT molecular complexity index is 744. The predicted octanol–water partition coefficient (Wildman–Crippen LogP) is 3.18. The lowest BCUT2D eigenvalue weighted by Crippen LogP contribution is -1.99. The van der Waals surface area contributed by atoms with Gasteiger partial charge < -0.3 is 9.67 Å². The number of aryl methyl sites for hydroxylation is 2. The van der Waals surface area contributed by atoms with E-state index < -0.39 is 0 Å². The number of hydrogen-bond donors (Lipinski definition) is 1. The summed E-state index contributed by atoms with van der Waals surface area (Å²) in [5, 5.41) is 9.86. The van der Waals surface area contributed by atoms with E-state index in [1.165, 1.54) is 5.56 Å². The van der Waals surface area contributed by atoms with Crippen LogP contribution >= 0.6 is 0 Å². The molecule has 0 spiro atoms. The van der Waals surface area contributed by atoms with E-state index in [1.54, 1.807) is 6.07 Å². The van der Waals surface area contributed by atoms with E-state index in [9.17, 15) is 5.11 Å². The lowest BCUT2D eigenvalue weighted by molar-refractivity contribution is 0.469. The van der Waals surface area contributed by atoms with Gasteiger partial charge >= 0.3 is 0 Å². The number of nitrogens with zero attached hydrogens (tertiary/aromatic N) is 2. The molecule has 0 aliphatic carbocycles. The molecule has 3 aromatic rings. The molecule has 3 heteroatoms. The van der Waals surface area contributed by atoms with Crippen molar-refractivity contribution in [2.75, 3.05) is 0 Å². The number of phenolic OH excluding ortho intramolecular Hbond substituents is 1. The zero-order valence-electron chi connectivity index (χ0n) is 11.1. The molecule has 0 fully saturated rings. The number of benzene rings is 2. The second-order valence-corrected chi connectivity index (χ2v) is 4.84. The molecule has 1 aromatic heterocycles. The average molecular weight is 252 g/mol. The summed E-state index contributed by atoms with van der Waals surface area (Å²) in [6, 6.07) is 13.5. The molecule has 0 radical (unpaired) electrons. The minimum Gasteiger partial charge on any atom is -0.508 e. The van der Waals surface area contributed by atoms with Crippen molar-refractivity contribution in [3.8, 4) is 5.75 Å². The van der Waals surface area contributed by atoms with Crippen LogP contribution in [-0.4, -0.2) is 14.7 Å². The third kappa shape index (κ3) is 1.97. The van der Waals surface area contributed by atoms with E-state index in [0.29, 0.717) is 12.2 Å². The second kappa shape index (κ2) is 4.43. The van der Waals surface area contributed by atoms with Crippen LogP contribution in [0, 0.1) is 6.92 Å². The minimum atomic E-state index is 0.325. The van der Waals surface area contributed by atoms with Gasteiger partial charge in [0.15, 0.2) is 0 Å². The monoisotopic (exact) mass is 252 g/mol. The summed E-state index contributed by atoms with van der Waals surface area (Å²) >= 11 is 0. The number of aromatic nitrogens is 2. The zero-order valence-corrected chi connectivity index (χ0v) is 11.1. The number of phenols is 1. The summed E-state index contributed by atoms with van der Waals surface area (Å²) in [6.07, 6.45) is 0.636. The second-order valence-electron chi connectivity index (χ2n) is 4.84. The quantitative estimate of drug-likeness (QED) is 0.760. The first-order chi connectivity index (χ1) is 9.16. The summed E-state index contributed by atoms with van der Waals surface area (Å²) in [6.45, 7) is 2.09. The maximum Gasteiger partial charge on any atom is 0.119 e. The smallest absolute Gasteiger partial charge is 0.119 e. The first-order valence-corrected chi connectivity index (χ1v) is 6.34. The van der Waals surface area contributed by atoms with E-state index in [1.807, 2.05) is 37.4 Å². The largest absolute Gasteiger partial charge is 0.508 e. The standard InChI is InChI=1S/C16H16N2O/c1-11-6-5-8-13-16(11)18(2)15(17-13)10-12-7-3-4-9-14(12)19/h3-9,19H,10H2,1-2H3. The summed E-state index contributed by atoms with van der Waals surface area (Å²) in [7, 11) is 2.03. The van der Waals surface area contributed by atoms with Gasteiger partial charge in [0.05, 0.1) is 11.0 Å². The molecule has 0 amide bonds. The fourth-order valence-corrected chi connectivity index (χ4v) is 2.50. The summed E-state index contributed by atoms with van der Waals surface area (Å²) in [5.41, 5.74) is 4.29. The van der Waals surface area contributed by atoms with Crippen LogP contribution in [-0.2, 0) is 13.5 Å². The molecule has 3 rings (SSSR count). The highest BCUT2D eigenvalue weighted by atomic mass is 16.3. The van der Waals surface area contributed by atoms with Gasteiger partial charge in [0.25, 0.3) is 0 Å². The number of imidazole rings is 1. The fourth-order valence-electron chi connectivity index (χ4n) is 2.50. The van der Waals surface area contributed by atoms with Gasteiger partial charge in [-0.05, 0) is 24.6 Å². The van der Waals surface area contributed by atoms with E-state index in [-0.39, 0.29) is 0 Å². The molecule has 1 N–H and O–H groups in total. The highest BCUT2D eigenvalue weighted by Gasteiger charge is 2.11. The summed E-state index contributed by atoms with van der Waals surface area (Å²) in [5.74, 6) is 1.29. The Morgan fingerprint density at radius 1 is 1.11 bits per heavy atom. The Labute approximate surface area is 112 Å². The van der Waals surface area contributed by atoms with Gasteiger partial charge in [-0.2, -0.15) is 0 Å². The lowest BCUT2D eigenvalue weighted by atomic mass is 10.1. The SMILES string of the molecule is Cc1cccc2nc(Cc3ccccc3O)n(C)c12. The Hall–Kier alpha value is -2.29. The molecule has 0 unspecified atom stereocenters. The zero-order chi connectivity index (χ0) is 13.4. The van der Waals surface area contributed by atoms with Crippen molar-refractivity contribution in [3.05, 3.63) is 59.4 Å². The van der Waals surface area contributed by atoms with E-state index in [4.69, 9.17) is 0 Å². The van der Waals surface area contributed by atoms with Gasteiger partial charge in [-0.25, -0.2) is 4.98 Å². The van der Waals surface area contributed by atoms with Crippen LogP contribution in [0.2, 0.25) is 0 Å². The first kappa shape index (κ1) is 11.8. The molecule has 0 aliphatic heterocycles. The van der Waals surface area contributed by atoms with E-state index in [2.05, 4.69) is 22.5 Å². The molecule has 96 valence electrons. The van der Waals surface area contributed by atoms with Gasteiger partial charge in [-0.1, -0.05) is 30.3 Å². The Morgan fingerprint density at radius 2 is 1.89 bits per heavy atom. The van der Waals surface area contributed by atoms with Crippen LogP contribution in [0.15, 0.2) is 42.5 Å². The van der Waals surface area contributed by atoms with E-state index >= 15 is 0 Å². The van der Waals surface area contributed by atoms with Crippen molar-refractivity contribution >= 4 is 11.0 Å². The molecule has 0 saturated heterocycles. The molecule has 0 saturated carbocycles. The lowest BCUT2D eigenvalue weighted by Gasteiger charge is -2.05. The molecule has 19 heavy (non-hydrogen) atoms. The predicted molar refractivity (Wildman–Crippen MR) is 76.4 cm³/mol. The number of hydrogen-bond acceptors (Lipinski definition) is 2. The highest BCUT2D eigenvalue weighted by Crippen LogP contribution is 2.23. The van der Waals surface area contributed by atoms with Gasteiger partial charge in [-0.15, -0.1) is 0 Å². The van der Waals surface area contributed by atoms with Gasteiger partial charge in [0.2, 0.25) is 0 Å². The van der Waals surface area contributed by atoms with Crippen LogP contribution in [0.25, 0.3) is 11.0 Å². The van der Waals surface area contributed by atoms with Crippen molar-refractivity contribution in [2.24, 2.45) is 7.05 Å². The maximum absolute atomic E-state index is 9.86. The van der Waals surface area contributed by atoms with Gasteiger partial charge in [-0.3, -0.25) is 0 Å². The van der Waals surface area contributed by atoms with Crippen LogP contribution in [0.5, 0.6) is 5.75 Å². The molecule has 1 heterocycles. The fraction of sp³-hybridized carbons (Fsp3) is 0.188. The van der Waals surface area contributed by atoms with Crippen molar-refractivity contribution in [1.82, 2.24) is 9.55 Å². The van der Waals surface area contributed by atoms with Gasteiger partial charge in [0.1, 0.15) is 11.6 Å². The number of para-hydroxylation sites is 2. The third-order valence-electron chi connectivity index (χ3n) is 3.53. The normalized spacial score (nSPS) is 11.1. The van der Waals surface area contributed by atoms with Crippen LogP contribution < -0.4 is 0 Å². The molecular formula is C16H16N2O. The summed E-state index contributed by atoms with van der Waals surface area (Å²) in [4.78, 5) is 4.66. The van der Waals surface area contributed by atoms with Crippen molar-refractivity contribution in [1.29, 1.82) is 0 Å². The highest BCUT2D eigenvalue weighted by molar-refractivity contribution is 5.79. The Morgan fingerprint density at radius 3 is 2.63 bits per heavy atom. The minimum absolute atomic E-state index is 0.325. The van der Waals surface area contributed by atoms with Crippen molar-refractivity contribution in [3.63, 3.8) is 0 Å². The topological polar surface area (TPSA) is 38.1 Å².